The number of fused-ring (bicyclic) bond motifs is 4. The first-order valence-corrected chi connectivity index (χ1v) is 6.69. The zero-order valence-electron chi connectivity index (χ0n) is 10.8. The van der Waals surface area contributed by atoms with Gasteiger partial charge in [0.1, 0.15) is 5.75 Å². The zero-order chi connectivity index (χ0) is 13.6. The molecule has 1 fully saturated rings. The molecule has 0 aromatic heterocycles. The molecule has 20 heavy (non-hydrogen) atoms. The summed E-state index contributed by atoms with van der Waals surface area (Å²) in [5.41, 5.74) is 1.23. The second-order valence-corrected chi connectivity index (χ2v) is 5.19. The summed E-state index contributed by atoms with van der Waals surface area (Å²) in [5.74, 6) is 0.820. The Labute approximate surface area is 116 Å². The van der Waals surface area contributed by atoms with Crippen LogP contribution in [0.25, 0.3) is 0 Å². The van der Waals surface area contributed by atoms with Crippen LogP contribution in [0, 0.1) is 0 Å². The summed E-state index contributed by atoms with van der Waals surface area (Å²) in [4.78, 5) is 12.0. The summed E-state index contributed by atoms with van der Waals surface area (Å²) in [6.07, 6.45) is 0.680. The average molecular weight is 266 g/mol. The highest BCUT2D eigenvalue weighted by atomic mass is 16.5. The van der Waals surface area contributed by atoms with Crippen molar-refractivity contribution < 1.29 is 9.53 Å². The van der Waals surface area contributed by atoms with Crippen molar-refractivity contribution in [1.29, 1.82) is 0 Å². The van der Waals surface area contributed by atoms with Crippen molar-refractivity contribution in [2.75, 3.05) is 0 Å². The van der Waals surface area contributed by atoms with E-state index in [4.69, 9.17) is 4.74 Å². The number of benzene rings is 2. The lowest BCUT2D eigenvalue weighted by atomic mass is 9.86. The van der Waals surface area contributed by atoms with Crippen LogP contribution in [0.3, 0.4) is 0 Å². The van der Waals surface area contributed by atoms with E-state index in [1.165, 1.54) is 0 Å². The molecule has 2 aromatic rings. The van der Waals surface area contributed by atoms with Gasteiger partial charge in [0, 0.05) is 17.5 Å². The van der Waals surface area contributed by atoms with Crippen molar-refractivity contribution in [3.05, 3.63) is 65.7 Å². The van der Waals surface area contributed by atoms with E-state index in [-0.39, 0.29) is 12.1 Å². The lowest BCUT2D eigenvalue weighted by molar-refractivity contribution is -0.00920. The van der Waals surface area contributed by atoms with E-state index in [1.54, 1.807) is 0 Å². The molecule has 2 aliphatic rings. The van der Waals surface area contributed by atoms with E-state index >= 15 is 0 Å². The van der Waals surface area contributed by atoms with Crippen molar-refractivity contribution in [3.8, 4) is 5.75 Å². The van der Waals surface area contributed by atoms with Crippen LogP contribution in [0.2, 0.25) is 0 Å². The Morgan fingerprint density at radius 3 is 2.65 bits per heavy atom. The lowest BCUT2D eigenvalue weighted by Crippen LogP contribution is -2.62. The molecule has 0 radical (unpaired) electrons. The predicted molar refractivity (Wildman–Crippen MR) is 74.2 cm³/mol. The van der Waals surface area contributed by atoms with Crippen LogP contribution in [0.1, 0.15) is 23.6 Å². The molecule has 4 rings (SSSR count). The molecule has 1 saturated heterocycles. The number of ether oxygens (including phenoxy) is 1. The predicted octanol–water partition coefficient (Wildman–Crippen LogP) is 2.68. The van der Waals surface area contributed by atoms with Crippen molar-refractivity contribution in [2.45, 2.75) is 18.2 Å². The minimum Gasteiger partial charge on any atom is -0.463 e. The van der Waals surface area contributed by atoms with Crippen LogP contribution in [0.5, 0.6) is 5.75 Å². The normalized spacial score (nSPS) is 26.8. The number of hydrogen-bond donors (Lipinski definition) is 2. The number of rotatable bonds is 1. The van der Waals surface area contributed by atoms with Crippen LogP contribution < -0.4 is 15.4 Å². The van der Waals surface area contributed by atoms with E-state index in [9.17, 15) is 4.79 Å². The molecule has 0 saturated carbocycles. The number of para-hydroxylation sites is 1. The van der Waals surface area contributed by atoms with E-state index in [1.807, 2.05) is 54.6 Å². The molecule has 4 heteroatoms. The average Bonchev–Trinajstić information content (AvgIpc) is 2.48. The molecule has 2 aromatic carbocycles. The van der Waals surface area contributed by atoms with Gasteiger partial charge in [-0.15, -0.1) is 0 Å². The minimum absolute atomic E-state index is 0.0195. The third-order valence-electron chi connectivity index (χ3n) is 3.93. The first-order chi connectivity index (χ1) is 9.77. The molecule has 2 aliphatic heterocycles. The molecule has 0 unspecified atom stereocenters. The molecule has 2 atom stereocenters. The Bertz CT molecular complexity index is 671. The Morgan fingerprint density at radius 2 is 1.80 bits per heavy atom. The topological polar surface area (TPSA) is 50.4 Å². The third-order valence-corrected chi connectivity index (χ3v) is 3.93. The Hall–Kier alpha value is -2.49. The van der Waals surface area contributed by atoms with Crippen LogP contribution in [0.4, 0.5) is 4.79 Å². The molecule has 2 bridgehead atoms. The third kappa shape index (κ3) is 1.58. The fraction of sp³-hybridized carbons (Fsp3) is 0.188. The van der Waals surface area contributed by atoms with Gasteiger partial charge in [0.05, 0.1) is 6.04 Å². The number of carbonyl (C=O) groups excluding carboxylic acids is 1. The highest BCUT2D eigenvalue weighted by Gasteiger charge is 2.47. The molecule has 2 N–H and O–H groups in total. The first-order valence-electron chi connectivity index (χ1n) is 6.69. The van der Waals surface area contributed by atoms with Gasteiger partial charge in [-0.05, 0) is 6.07 Å². The van der Waals surface area contributed by atoms with E-state index in [0.717, 1.165) is 16.9 Å². The van der Waals surface area contributed by atoms with Gasteiger partial charge in [-0.2, -0.15) is 0 Å². The van der Waals surface area contributed by atoms with E-state index in [0.29, 0.717) is 6.42 Å². The van der Waals surface area contributed by atoms with E-state index in [2.05, 4.69) is 10.6 Å². The SMILES string of the molecule is O=C1N[C@H]2C[C@@](c3ccccc3)(N1)Oc1ccccc12. The fourth-order valence-electron chi connectivity index (χ4n) is 3.03. The number of urea groups is 1. The maximum atomic E-state index is 12.0. The summed E-state index contributed by atoms with van der Waals surface area (Å²) < 4.78 is 6.17. The van der Waals surface area contributed by atoms with Gasteiger partial charge in [0.15, 0.2) is 0 Å². The highest BCUT2D eigenvalue weighted by molar-refractivity contribution is 5.77. The van der Waals surface area contributed by atoms with Crippen molar-refractivity contribution in [3.63, 3.8) is 0 Å². The minimum atomic E-state index is -0.775. The van der Waals surface area contributed by atoms with Gasteiger partial charge in [0.2, 0.25) is 5.72 Å². The molecule has 4 nitrogen and oxygen atoms in total. The quantitative estimate of drug-likeness (QED) is 0.833. The molecular weight excluding hydrogens is 252 g/mol. The van der Waals surface area contributed by atoms with Crippen LogP contribution in [-0.4, -0.2) is 6.03 Å². The summed E-state index contributed by atoms with van der Waals surface area (Å²) >= 11 is 0. The van der Waals surface area contributed by atoms with Gasteiger partial charge >= 0.3 is 6.03 Å². The van der Waals surface area contributed by atoms with Crippen molar-refractivity contribution in [2.24, 2.45) is 0 Å². The zero-order valence-corrected chi connectivity index (χ0v) is 10.8. The van der Waals surface area contributed by atoms with Crippen LogP contribution in [-0.2, 0) is 5.72 Å². The largest absolute Gasteiger partial charge is 0.463 e. The van der Waals surface area contributed by atoms with Gasteiger partial charge in [-0.1, -0.05) is 48.5 Å². The van der Waals surface area contributed by atoms with Crippen molar-refractivity contribution in [1.82, 2.24) is 10.6 Å². The summed E-state index contributed by atoms with van der Waals surface area (Å²) in [5, 5.41) is 5.91. The van der Waals surface area contributed by atoms with Crippen molar-refractivity contribution >= 4 is 6.03 Å². The molecular formula is C16H14N2O2. The number of nitrogens with one attached hydrogen (secondary N) is 2. The molecule has 0 aliphatic carbocycles. The number of carbonyl (C=O) groups is 1. The molecule has 100 valence electrons. The van der Waals surface area contributed by atoms with Gasteiger partial charge in [-0.25, -0.2) is 4.79 Å². The van der Waals surface area contributed by atoms with Crippen LogP contribution >= 0.6 is 0 Å². The summed E-state index contributed by atoms with van der Waals surface area (Å²) in [7, 11) is 0. The monoisotopic (exact) mass is 266 g/mol. The number of amides is 2. The molecule has 2 heterocycles. The van der Waals surface area contributed by atoms with E-state index < -0.39 is 5.72 Å². The summed E-state index contributed by atoms with van der Waals surface area (Å²) in [6, 6.07) is 17.5. The molecule has 0 spiro atoms. The number of hydrogen-bond acceptors (Lipinski definition) is 2. The summed E-state index contributed by atoms with van der Waals surface area (Å²) in [6.45, 7) is 0. The molecule has 2 amide bonds. The van der Waals surface area contributed by atoms with Gasteiger partial charge < -0.3 is 10.1 Å². The van der Waals surface area contributed by atoms with Crippen LogP contribution in [0.15, 0.2) is 54.6 Å². The fourth-order valence-corrected chi connectivity index (χ4v) is 3.03. The van der Waals surface area contributed by atoms with Gasteiger partial charge in [-0.3, -0.25) is 5.32 Å². The standard InChI is InChI=1S/C16H14N2O2/c19-15-17-13-10-16(18-15,11-6-2-1-3-7-11)20-14-9-5-4-8-12(13)14/h1-9,13H,10H2,(H2,17,18,19)/t13-,16+/m0/s1. The maximum absolute atomic E-state index is 12.0. The Kier molecular flexibility index (Phi) is 2.27. The second kappa shape index (κ2) is 4.00. The maximum Gasteiger partial charge on any atom is 0.318 e. The van der Waals surface area contributed by atoms with Gasteiger partial charge in [0.25, 0.3) is 0 Å². The Balaban J connectivity index is 1.87. The smallest absolute Gasteiger partial charge is 0.318 e. The Morgan fingerprint density at radius 1 is 1.05 bits per heavy atom. The second-order valence-electron chi connectivity index (χ2n) is 5.19. The lowest BCUT2D eigenvalue weighted by Gasteiger charge is -2.46. The highest BCUT2D eigenvalue weighted by Crippen LogP contribution is 2.44. The first kappa shape index (κ1) is 11.3.